The molecule has 0 saturated heterocycles. The highest BCUT2D eigenvalue weighted by Gasteiger charge is 2.40. The largest absolute Gasteiger partial charge is 0.386 e. The minimum Gasteiger partial charge on any atom is -0.305 e. The maximum Gasteiger partial charge on any atom is 0.386 e. The molecule has 0 atom stereocenters. The SMILES string of the molecule is CN(C)Cc1cc(C(C)(C)C)cc(C(C)(C)C)[c]1[Al]1[c]2ccccc2-c2cccc[c]21. The van der Waals surface area contributed by atoms with Crippen LogP contribution in [0.1, 0.15) is 58.2 Å². The van der Waals surface area contributed by atoms with Gasteiger partial charge in [-0.05, 0) is 47.2 Å². The Morgan fingerprint density at radius 2 is 1.23 bits per heavy atom. The minimum absolute atomic E-state index is 0.0944. The smallest absolute Gasteiger partial charge is 0.305 e. The third-order valence-corrected chi connectivity index (χ3v) is 10.1. The zero-order chi connectivity index (χ0) is 22.6. The van der Waals surface area contributed by atoms with Crippen LogP contribution in [0.4, 0.5) is 0 Å². The molecule has 1 aliphatic heterocycles. The fourth-order valence-corrected chi connectivity index (χ4v) is 9.11. The maximum atomic E-state index is 2.53. The summed E-state index contributed by atoms with van der Waals surface area (Å²) in [7, 11) is 4.39. The first-order valence-corrected chi connectivity index (χ1v) is 13.2. The van der Waals surface area contributed by atoms with E-state index in [-0.39, 0.29) is 10.8 Å². The van der Waals surface area contributed by atoms with Crippen molar-refractivity contribution in [2.75, 3.05) is 14.1 Å². The summed E-state index contributed by atoms with van der Waals surface area (Å²) in [5.41, 5.74) is 7.64. The Morgan fingerprint density at radius 3 is 1.68 bits per heavy atom. The van der Waals surface area contributed by atoms with Crippen molar-refractivity contribution in [2.45, 2.75) is 58.9 Å². The molecule has 0 aliphatic carbocycles. The van der Waals surface area contributed by atoms with Gasteiger partial charge in [-0.25, -0.2) is 0 Å². The Balaban J connectivity index is 2.09. The van der Waals surface area contributed by atoms with Gasteiger partial charge in [0.25, 0.3) is 0 Å². The second-order valence-electron chi connectivity index (χ2n) is 11.4. The predicted molar refractivity (Wildman–Crippen MR) is 138 cm³/mol. The molecule has 160 valence electrons. The van der Waals surface area contributed by atoms with Crippen molar-refractivity contribution in [1.29, 1.82) is 0 Å². The van der Waals surface area contributed by atoms with Gasteiger partial charge in [-0.15, -0.1) is 0 Å². The Hall–Kier alpha value is -1.85. The Bertz CT molecular complexity index is 1070. The molecule has 2 heteroatoms. The molecule has 0 N–H and O–H groups in total. The van der Waals surface area contributed by atoms with E-state index in [9.17, 15) is 0 Å². The zero-order valence-corrected chi connectivity index (χ0v) is 21.7. The molecule has 3 aromatic rings. The van der Waals surface area contributed by atoms with Crippen LogP contribution >= 0.6 is 0 Å². The van der Waals surface area contributed by atoms with Crippen molar-refractivity contribution in [3.05, 3.63) is 77.4 Å². The van der Waals surface area contributed by atoms with Crippen LogP contribution in [0, 0.1) is 0 Å². The zero-order valence-electron chi connectivity index (χ0n) is 20.5. The fraction of sp³-hybridized carbons (Fsp3) is 0.379. The lowest BCUT2D eigenvalue weighted by molar-refractivity contribution is 0.402. The molecule has 0 aromatic heterocycles. The van der Waals surface area contributed by atoms with Gasteiger partial charge in [-0.1, -0.05) is 121 Å². The molecule has 0 amide bonds. The Labute approximate surface area is 193 Å². The second kappa shape index (κ2) is 7.93. The molecule has 1 aliphatic rings. The van der Waals surface area contributed by atoms with Crippen molar-refractivity contribution >= 4 is 27.4 Å². The van der Waals surface area contributed by atoms with Crippen LogP contribution in [-0.2, 0) is 17.4 Å². The van der Waals surface area contributed by atoms with E-state index < -0.39 is 14.1 Å². The molecule has 0 unspecified atom stereocenters. The van der Waals surface area contributed by atoms with Crippen LogP contribution in [-0.4, -0.2) is 33.1 Å². The molecule has 0 saturated carbocycles. The summed E-state index contributed by atoms with van der Waals surface area (Å²) in [5, 5.41) is 0. The second-order valence-corrected chi connectivity index (χ2v) is 14.1. The van der Waals surface area contributed by atoms with Gasteiger partial charge in [0.15, 0.2) is 0 Å². The van der Waals surface area contributed by atoms with Crippen LogP contribution in [0.2, 0.25) is 0 Å². The van der Waals surface area contributed by atoms with Crippen molar-refractivity contribution in [2.24, 2.45) is 0 Å². The molecular formula is C29H36AlN. The van der Waals surface area contributed by atoms with E-state index in [1.807, 2.05) is 0 Å². The molecule has 0 bridgehead atoms. The van der Waals surface area contributed by atoms with Gasteiger partial charge in [0.1, 0.15) is 0 Å². The van der Waals surface area contributed by atoms with Gasteiger partial charge in [-0.3, -0.25) is 0 Å². The summed E-state index contributed by atoms with van der Waals surface area (Å²) < 4.78 is 4.81. The number of rotatable bonds is 3. The van der Waals surface area contributed by atoms with Gasteiger partial charge < -0.3 is 4.90 Å². The van der Waals surface area contributed by atoms with Crippen molar-refractivity contribution < 1.29 is 0 Å². The summed E-state index contributed by atoms with van der Waals surface area (Å²) in [6.45, 7) is 15.2. The quantitative estimate of drug-likeness (QED) is 0.425. The van der Waals surface area contributed by atoms with Gasteiger partial charge >= 0.3 is 14.1 Å². The van der Waals surface area contributed by atoms with Crippen LogP contribution in [0.15, 0.2) is 60.7 Å². The van der Waals surface area contributed by atoms with E-state index in [0.717, 1.165) is 6.54 Å². The molecule has 1 nitrogen and oxygen atoms in total. The lowest BCUT2D eigenvalue weighted by Gasteiger charge is -2.32. The van der Waals surface area contributed by atoms with Crippen molar-refractivity contribution in [3.63, 3.8) is 0 Å². The molecule has 3 aromatic carbocycles. The van der Waals surface area contributed by atoms with Gasteiger partial charge in [0.2, 0.25) is 0 Å². The molecule has 0 radical (unpaired) electrons. The summed E-state index contributed by atoms with van der Waals surface area (Å²) in [4.78, 5) is 2.33. The first-order valence-electron chi connectivity index (χ1n) is 11.5. The monoisotopic (exact) mass is 425 g/mol. The molecule has 31 heavy (non-hydrogen) atoms. The van der Waals surface area contributed by atoms with E-state index in [1.54, 1.807) is 18.8 Å². The molecule has 0 fully saturated rings. The first kappa shape index (κ1) is 22.4. The summed E-state index contributed by atoms with van der Waals surface area (Å²) in [6, 6.07) is 23.4. The van der Waals surface area contributed by atoms with Gasteiger partial charge in [0.05, 0.1) is 0 Å². The maximum absolute atomic E-state index is 2.53. The summed E-state index contributed by atoms with van der Waals surface area (Å²) in [6.07, 6.45) is 0. The fourth-order valence-electron chi connectivity index (χ4n) is 5.05. The number of benzene rings is 3. The molecule has 1 heterocycles. The van der Waals surface area contributed by atoms with Crippen LogP contribution in [0.3, 0.4) is 0 Å². The lowest BCUT2D eigenvalue weighted by Crippen LogP contribution is -2.53. The lowest BCUT2D eigenvalue weighted by atomic mass is 9.79. The summed E-state index contributed by atoms with van der Waals surface area (Å²) in [5.74, 6) is 0. The number of fused-ring (bicyclic) bond motifs is 3. The van der Waals surface area contributed by atoms with Crippen molar-refractivity contribution in [1.82, 2.24) is 4.90 Å². The highest BCUT2D eigenvalue weighted by atomic mass is 27.2. The van der Waals surface area contributed by atoms with Crippen LogP contribution in [0.25, 0.3) is 11.1 Å². The minimum atomic E-state index is -1.57. The first-order chi connectivity index (χ1) is 14.5. The van der Waals surface area contributed by atoms with E-state index in [4.69, 9.17) is 0 Å². The van der Waals surface area contributed by atoms with Gasteiger partial charge in [0, 0.05) is 6.54 Å². The van der Waals surface area contributed by atoms with Crippen LogP contribution in [0.5, 0.6) is 0 Å². The van der Waals surface area contributed by atoms with Crippen LogP contribution < -0.4 is 13.3 Å². The average Bonchev–Trinajstić information content (AvgIpc) is 3.00. The Morgan fingerprint density at radius 1 is 0.710 bits per heavy atom. The highest BCUT2D eigenvalue weighted by Crippen LogP contribution is 2.32. The number of hydrogen-bond acceptors (Lipinski definition) is 1. The average molecular weight is 426 g/mol. The Kier molecular flexibility index (Phi) is 5.72. The van der Waals surface area contributed by atoms with E-state index in [2.05, 4.69) is 121 Å². The molecular weight excluding hydrogens is 389 g/mol. The predicted octanol–water partition coefficient (Wildman–Crippen LogP) is 4.84. The molecule has 0 spiro atoms. The van der Waals surface area contributed by atoms with Crippen molar-refractivity contribution in [3.8, 4) is 11.1 Å². The van der Waals surface area contributed by atoms with E-state index in [0.29, 0.717) is 0 Å². The van der Waals surface area contributed by atoms with Gasteiger partial charge in [-0.2, -0.15) is 0 Å². The van der Waals surface area contributed by atoms with E-state index in [1.165, 1.54) is 22.3 Å². The highest BCUT2D eigenvalue weighted by molar-refractivity contribution is 6.99. The number of nitrogens with zero attached hydrogens (tertiary/aromatic N) is 1. The normalized spacial score (nSPS) is 13.5. The van der Waals surface area contributed by atoms with E-state index >= 15 is 0 Å². The summed E-state index contributed by atoms with van der Waals surface area (Å²) >= 11 is -1.57. The third kappa shape index (κ3) is 4.15. The standard InChI is InChI=1S/C17H28N.C12H8.Al/c1-16(2,3)14-9-13(12-18(7)8)10-15(11-14)17(4,5)6;1-3-7-11(8-4-1)12-9-5-2-6-10-12;/h9,11H,12H2,1-8H3;1-7,9H;. The topological polar surface area (TPSA) is 3.24 Å². The molecule has 4 rings (SSSR count). The number of hydrogen-bond donors (Lipinski definition) is 0. The third-order valence-electron chi connectivity index (χ3n) is 6.55.